The summed E-state index contributed by atoms with van der Waals surface area (Å²) in [5.41, 5.74) is 1.22. The zero-order chi connectivity index (χ0) is 19.1. The van der Waals surface area contributed by atoms with E-state index in [-0.39, 0.29) is 23.5 Å². The number of pyridine rings is 3. The molecule has 136 valence electrons. The minimum Gasteiger partial charge on any atom is -0.316 e. The van der Waals surface area contributed by atoms with E-state index in [2.05, 4.69) is 4.98 Å². The maximum atomic E-state index is 13.4. The lowest BCUT2D eigenvalue weighted by atomic mass is 10.1. The smallest absolute Gasteiger partial charge is 0.278 e. The maximum Gasteiger partial charge on any atom is 0.278 e. The van der Waals surface area contributed by atoms with E-state index in [1.54, 1.807) is 61.8 Å². The van der Waals surface area contributed by atoms with Crippen molar-refractivity contribution >= 4 is 21.8 Å². The predicted octanol–water partition coefficient (Wildman–Crippen LogP) is 2.10. The first kappa shape index (κ1) is 17.0. The fourth-order valence-corrected chi connectivity index (χ4v) is 3.13. The lowest BCUT2D eigenvalue weighted by molar-refractivity contribution is 0.623. The summed E-state index contributed by atoms with van der Waals surface area (Å²) in [4.78, 5) is 30.0. The van der Waals surface area contributed by atoms with Gasteiger partial charge >= 0.3 is 0 Å². The van der Waals surface area contributed by atoms with Crippen molar-refractivity contribution in [2.75, 3.05) is 19.1 Å². The Kier molecular flexibility index (Phi) is 3.99. The third-order valence-electron chi connectivity index (χ3n) is 4.47. The minimum atomic E-state index is -0.349. The summed E-state index contributed by atoms with van der Waals surface area (Å²) in [6, 6.07) is 11.2. The molecular weight excluding hydrogens is 347 g/mol. The van der Waals surface area contributed by atoms with E-state index in [4.69, 9.17) is 0 Å². The fraction of sp³-hybridized carbons (Fsp3) is 0.150. The average molecular weight is 364 g/mol. The second-order valence-corrected chi connectivity index (χ2v) is 6.55. The third kappa shape index (κ3) is 2.97. The molecular formula is C20H17FN4O2. The van der Waals surface area contributed by atoms with Crippen LogP contribution in [-0.4, -0.2) is 28.3 Å². The van der Waals surface area contributed by atoms with Gasteiger partial charge in [0.2, 0.25) is 0 Å². The largest absolute Gasteiger partial charge is 0.316 e. The van der Waals surface area contributed by atoms with E-state index in [0.29, 0.717) is 27.4 Å². The van der Waals surface area contributed by atoms with Crippen LogP contribution in [0.1, 0.15) is 5.56 Å². The van der Waals surface area contributed by atoms with Crippen LogP contribution in [0, 0.1) is 5.82 Å². The van der Waals surface area contributed by atoms with Crippen LogP contribution in [-0.2, 0) is 6.54 Å². The van der Waals surface area contributed by atoms with Gasteiger partial charge in [-0.15, -0.1) is 0 Å². The Bertz CT molecular complexity index is 1290. The highest BCUT2D eigenvalue weighted by Gasteiger charge is 2.11. The second kappa shape index (κ2) is 6.35. The van der Waals surface area contributed by atoms with Crippen molar-refractivity contribution < 1.29 is 4.39 Å². The van der Waals surface area contributed by atoms with Crippen LogP contribution in [0.3, 0.4) is 0 Å². The van der Waals surface area contributed by atoms with Gasteiger partial charge in [-0.1, -0.05) is 12.1 Å². The van der Waals surface area contributed by atoms with E-state index >= 15 is 0 Å². The molecule has 0 spiro atoms. The van der Waals surface area contributed by atoms with Crippen molar-refractivity contribution in [1.82, 2.24) is 14.2 Å². The highest BCUT2D eigenvalue weighted by atomic mass is 19.1. The van der Waals surface area contributed by atoms with Gasteiger partial charge < -0.3 is 9.58 Å². The van der Waals surface area contributed by atoms with Crippen molar-refractivity contribution in [2.24, 2.45) is 0 Å². The summed E-state index contributed by atoms with van der Waals surface area (Å²) < 4.78 is 16.3. The maximum absolute atomic E-state index is 13.4. The van der Waals surface area contributed by atoms with Crippen LogP contribution >= 0.6 is 0 Å². The molecule has 1 aromatic carbocycles. The van der Waals surface area contributed by atoms with Gasteiger partial charge in [0.1, 0.15) is 5.82 Å². The molecule has 0 bridgehead atoms. The summed E-state index contributed by atoms with van der Waals surface area (Å²) in [5, 5.41) is 2.38. The van der Waals surface area contributed by atoms with E-state index < -0.39 is 0 Å². The summed E-state index contributed by atoms with van der Waals surface area (Å²) in [6.07, 6.45) is 3.28. The minimum absolute atomic E-state index is 0.237. The molecule has 6 nitrogen and oxygen atoms in total. The van der Waals surface area contributed by atoms with Gasteiger partial charge in [0.25, 0.3) is 11.1 Å². The van der Waals surface area contributed by atoms with Gasteiger partial charge in [-0.3, -0.25) is 9.59 Å². The monoisotopic (exact) mass is 364 g/mol. The van der Waals surface area contributed by atoms with Gasteiger partial charge in [0, 0.05) is 26.5 Å². The molecule has 0 amide bonds. The normalized spacial score (nSPS) is 11.2. The second-order valence-electron chi connectivity index (χ2n) is 6.55. The Morgan fingerprint density at radius 3 is 2.37 bits per heavy atom. The van der Waals surface area contributed by atoms with E-state index in [9.17, 15) is 14.0 Å². The molecule has 4 aromatic rings. The molecule has 0 fully saturated rings. The Hall–Kier alpha value is -3.48. The lowest BCUT2D eigenvalue weighted by Crippen LogP contribution is -2.35. The van der Waals surface area contributed by atoms with Gasteiger partial charge in [-0.25, -0.2) is 14.1 Å². The van der Waals surface area contributed by atoms with Gasteiger partial charge in [-0.05, 0) is 35.9 Å². The molecule has 0 aliphatic heterocycles. The molecule has 0 aliphatic carbocycles. The molecule has 0 saturated heterocycles. The third-order valence-corrected chi connectivity index (χ3v) is 4.47. The SMILES string of the molecule is CN(C)n1ccc2nc3ccn(Cc4cccc(F)c4)c(=O)c3cc2c1=O. The van der Waals surface area contributed by atoms with Gasteiger partial charge in [0.15, 0.2) is 0 Å². The number of rotatable bonds is 3. The summed E-state index contributed by atoms with van der Waals surface area (Å²) in [7, 11) is 3.52. The lowest BCUT2D eigenvalue weighted by Gasteiger charge is -2.16. The predicted molar refractivity (Wildman–Crippen MR) is 103 cm³/mol. The summed E-state index contributed by atoms with van der Waals surface area (Å²) in [6.45, 7) is 0.237. The molecule has 4 rings (SSSR count). The van der Waals surface area contributed by atoms with Crippen molar-refractivity contribution in [2.45, 2.75) is 6.54 Å². The van der Waals surface area contributed by atoms with Crippen LogP contribution in [0.2, 0.25) is 0 Å². The highest BCUT2D eigenvalue weighted by Crippen LogP contribution is 2.15. The van der Waals surface area contributed by atoms with Gasteiger partial charge in [-0.2, -0.15) is 0 Å². The average Bonchev–Trinajstić information content (AvgIpc) is 2.63. The van der Waals surface area contributed by atoms with Gasteiger partial charge in [0.05, 0.1) is 28.4 Å². The van der Waals surface area contributed by atoms with Crippen molar-refractivity contribution in [3.63, 3.8) is 0 Å². The number of aromatic nitrogens is 3. The highest BCUT2D eigenvalue weighted by molar-refractivity contribution is 5.91. The summed E-state index contributed by atoms with van der Waals surface area (Å²) in [5.74, 6) is -0.349. The molecule has 0 unspecified atom stereocenters. The Balaban J connectivity index is 1.91. The molecule has 3 aromatic heterocycles. The van der Waals surface area contributed by atoms with Crippen molar-refractivity contribution in [1.29, 1.82) is 0 Å². The van der Waals surface area contributed by atoms with Crippen LogP contribution in [0.25, 0.3) is 21.8 Å². The standard InChI is InChI=1S/C20H17FN4O2/c1-23(2)25-9-7-18-16(20(25)27)11-15-17(22-18)6-8-24(19(15)26)12-13-4-3-5-14(21)10-13/h3-11H,12H2,1-2H3. The number of halogens is 1. The van der Waals surface area contributed by atoms with E-state index in [0.717, 1.165) is 0 Å². The molecule has 0 saturated carbocycles. The first-order valence-electron chi connectivity index (χ1n) is 8.41. The molecule has 0 aliphatic rings. The first-order chi connectivity index (χ1) is 12.9. The molecule has 0 radical (unpaired) electrons. The molecule has 0 N–H and O–H groups in total. The van der Waals surface area contributed by atoms with E-state index in [1.165, 1.54) is 21.4 Å². The molecule has 0 atom stereocenters. The number of benzene rings is 1. The van der Waals surface area contributed by atoms with Crippen molar-refractivity contribution in [3.05, 3.63) is 86.9 Å². The number of fused-ring (bicyclic) bond motifs is 2. The zero-order valence-electron chi connectivity index (χ0n) is 14.9. The number of nitrogens with zero attached hydrogens (tertiary/aromatic N) is 4. The quantitative estimate of drug-likeness (QED) is 0.523. The summed E-state index contributed by atoms with van der Waals surface area (Å²) >= 11 is 0. The fourth-order valence-electron chi connectivity index (χ4n) is 3.13. The van der Waals surface area contributed by atoms with Crippen molar-refractivity contribution in [3.8, 4) is 0 Å². The van der Waals surface area contributed by atoms with E-state index in [1.807, 2.05) is 0 Å². The van der Waals surface area contributed by atoms with Crippen LogP contribution in [0.4, 0.5) is 4.39 Å². The zero-order valence-corrected chi connectivity index (χ0v) is 14.9. The van der Waals surface area contributed by atoms with Crippen LogP contribution in [0.15, 0.2) is 64.4 Å². The Labute approximate surface area is 153 Å². The number of hydrogen-bond acceptors (Lipinski definition) is 4. The first-order valence-corrected chi connectivity index (χ1v) is 8.41. The molecule has 7 heteroatoms. The number of hydrogen-bond donors (Lipinski definition) is 0. The molecule has 3 heterocycles. The van der Waals surface area contributed by atoms with Crippen LogP contribution < -0.4 is 16.1 Å². The Morgan fingerprint density at radius 2 is 1.67 bits per heavy atom. The topological polar surface area (TPSA) is 60.1 Å². The Morgan fingerprint density at radius 1 is 0.963 bits per heavy atom. The molecule has 27 heavy (non-hydrogen) atoms. The van der Waals surface area contributed by atoms with Crippen LogP contribution in [0.5, 0.6) is 0 Å².